The van der Waals surface area contributed by atoms with Crippen molar-refractivity contribution in [2.24, 2.45) is 0 Å². The van der Waals surface area contributed by atoms with Gasteiger partial charge in [-0.2, -0.15) is 5.26 Å². The third kappa shape index (κ3) is 3.17. The molecule has 33 heavy (non-hydrogen) atoms. The van der Waals surface area contributed by atoms with Crippen molar-refractivity contribution in [2.45, 2.75) is 0 Å². The highest BCUT2D eigenvalue weighted by Gasteiger charge is 2.15. The zero-order chi connectivity index (χ0) is 22.2. The highest BCUT2D eigenvalue weighted by atomic mass is 15.0. The zero-order valence-corrected chi connectivity index (χ0v) is 17.8. The standard InChI is InChI=1S/C30H19N3/c31-20-24-18-25(11-12-26(24)22-14-16-32-17-15-22)33-29-9-5-4-8-27(29)28-19-23(10-13-30(28)33)21-6-2-1-3-7-21/h1-19H. The summed E-state index contributed by atoms with van der Waals surface area (Å²) in [5, 5.41) is 12.3. The first kappa shape index (κ1) is 19.0. The van der Waals surface area contributed by atoms with Gasteiger partial charge in [0.15, 0.2) is 0 Å². The molecule has 154 valence electrons. The molecule has 2 heterocycles. The van der Waals surface area contributed by atoms with E-state index in [1.807, 2.05) is 30.3 Å². The van der Waals surface area contributed by atoms with Gasteiger partial charge < -0.3 is 4.57 Å². The largest absolute Gasteiger partial charge is 0.309 e. The molecule has 0 fully saturated rings. The molecule has 4 aromatic carbocycles. The normalized spacial score (nSPS) is 11.0. The minimum atomic E-state index is 0.644. The van der Waals surface area contributed by atoms with E-state index >= 15 is 0 Å². The van der Waals surface area contributed by atoms with Crippen molar-refractivity contribution in [1.82, 2.24) is 9.55 Å². The van der Waals surface area contributed by atoms with Crippen LogP contribution in [0.15, 0.2) is 116 Å². The Kier molecular flexibility index (Phi) is 4.49. The highest BCUT2D eigenvalue weighted by Crippen LogP contribution is 2.36. The molecule has 2 aromatic heterocycles. The Bertz CT molecular complexity index is 1660. The highest BCUT2D eigenvalue weighted by molar-refractivity contribution is 6.10. The second-order valence-electron chi connectivity index (χ2n) is 8.03. The lowest BCUT2D eigenvalue weighted by Crippen LogP contribution is -1.96. The number of aromatic nitrogens is 2. The third-order valence-electron chi connectivity index (χ3n) is 6.15. The van der Waals surface area contributed by atoms with Crippen LogP contribution < -0.4 is 0 Å². The summed E-state index contributed by atoms with van der Waals surface area (Å²) in [6.07, 6.45) is 3.50. The monoisotopic (exact) mass is 421 g/mol. The fourth-order valence-corrected chi connectivity index (χ4v) is 4.61. The molecule has 0 aliphatic carbocycles. The van der Waals surface area contributed by atoms with E-state index in [-0.39, 0.29) is 0 Å². The molecule has 0 aliphatic rings. The number of rotatable bonds is 3. The van der Waals surface area contributed by atoms with Crippen LogP contribution in [-0.2, 0) is 0 Å². The maximum atomic E-state index is 9.92. The van der Waals surface area contributed by atoms with Gasteiger partial charge in [0.1, 0.15) is 0 Å². The summed E-state index contributed by atoms with van der Waals surface area (Å²) in [4.78, 5) is 4.09. The molecule has 0 saturated heterocycles. The molecule has 0 unspecified atom stereocenters. The number of hydrogen-bond acceptors (Lipinski definition) is 2. The van der Waals surface area contributed by atoms with Crippen LogP contribution in [0.3, 0.4) is 0 Å². The second-order valence-corrected chi connectivity index (χ2v) is 8.03. The Labute approximate surface area is 191 Å². The van der Waals surface area contributed by atoms with Crippen LogP contribution in [0.25, 0.3) is 49.7 Å². The summed E-state index contributed by atoms with van der Waals surface area (Å²) >= 11 is 0. The minimum Gasteiger partial charge on any atom is -0.309 e. The number of pyridine rings is 1. The summed E-state index contributed by atoms with van der Waals surface area (Å²) in [5.74, 6) is 0. The summed E-state index contributed by atoms with van der Waals surface area (Å²) in [6.45, 7) is 0. The van der Waals surface area contributed by atoms with E-state index in [4.69, 9.17) is 0 Å². The molecule has 6 aromatic rings. The van der Waals surface area contributed by atoms with Gasteiger partial charge in [0.2, 0.25) is 0 Å². The molecule has 0 bridgehead atoms. The van der Waals surface area contributed by atoms with E-state index in [0.29, 0.717) is 5.56 Å². The number of nitriles is 1. The first-order valence-electron chi connectivity index (χ1n) is 10.9. The van der Waals surface area contributed by atoms with Gasteiger partial charge in [-0.25, -0.2) is 0 Å². The van der Waals surface area contributed by atoms with Gasteiger partial charge in [-0.3, -0.25) is 4.98 Å². The lowest BCUT2D eigenvalue weighted by Gasteiger charge is -2.11. The molecule has 3 heteroatoms. The fraction of sp³-hybridized carbons (Fsp3) is 0. The summed E-state index contributed by atoms with van der Waals surface area (Å²) in [6, 6.07) is 37.9. The second kappa shape index (κ2) is 7.78. The van der Waals surface area contributed by atoms with Crippen LogP contribution in [0, 0.1) is 11.3 Å². The fourth-order valence-electron chi connectivity index (χ4n) is 4.61. The van der Waals surface area contributed by atoms with Gasteiger partial charge in [-0.05, 0) is 64.7 Å². The van der Waals surface area contributed by atoms with E-state index in [1.165, 1.54) is 21.9 Å². The Balaban J connectivity index is 1.59. The topological polar surface area (TPSA) is 41.6 Å². The van der Waals surface area contributed by atoms with Crippen LogP contribution in [0.2, 0.25) is 0 Å². The molecule has 0 radical (unpaired) electrons. The van der Waals surface area contributed by atoms with Crippen LogP contribution in [0.4, 0.5) is 0 Å². The van der Waals surface area contributed by atoms with Crippen molar-refractivity contribution in [3.8, 4) is 34.0 Å². The smallest absolute Gasteiger partial charge is 0.0998 e. The van der Waals surface area contributed by atoms with Crippen molar-refractivity contribution in [3.63, 3.8) is 0 Å². The molecular weight excluding hydrogens is 402 g/mol. The molecule has 0 spiro atoms. The molecule has 0 N–H and O–H groups in total. The Morgan fingerprint density at radius 3 is 2.18 bits per heavy atom. The molecule has 0 amide bonds. The first-order chi connectivity index (χ1) is 16.3. The van der Waals surface area contributed by atoms with E-state index in [9.17, 15) is 5.26 Å². The molecule has 0 aliphatic heterocycles. The van der Waals surface area contributed by atoms with Gasteiger partial charge in [0, 0.05) is 28.9 Å². The van der Waals surface area contributed by atoms with Gasteiger partial charge >= 0.3 is 0 Å². The number of fused-ring (bicyclic) bond motifs is 3. The first-order valence-corrected chi connectivity index (χ1v) is 10.9. The van der Waals surface area contributed by atoms with E-state index in [1.54, 1.807) is 12.4 Å². The molecular formula is C30H19N3. The van der Waals surface area contributed by atoms with Crippen LogP contribution in [0.1, 0.15) is 5.56 Å². The molecule has 6 rings (SSSR count). The SMILES string of the molecule is N#Cc1cc(-n2c3ccccc3c3cc(-c4ccccc4)ccc32)ccc1-c1ccncc1. The van der Waals surface area contributed by atoms with Crippen molar-refractivity contribution < 1.29 is 0 Å². The Hall–Kier alpha value is -4.68. The van der Waals surface area contributed by atoms with Gasteiger partial charge in [-0.1, -0.05) is 60.7 Å². The van der Waals surface area contributed by atoms with Gasteiger partial charge in [0.25, 0.3) is 0 Å². The van der Waals surface area contributed by atoms with E-state index in [2.05, 4.69) is 88.4 Å². The van der Waals surface area contributed by atoms with Crippen molar-refractivity contribution in [2.75, 3.05) is 0 Å². The van der Waals surface area contributed by atoms with E-state index in [0.717, 1.165) is 27.8 Å². The summed E-state index contributed by atoms with van der Waals surface area (Å²) in [5.41, 5.74) is 8.16. The maximum Gasteiger partial charge on any atom is 0.0998 e. The molecule has 0 atom stereocenters. The Morgan fingerprint density at radius 1 is 0.606 bits per heavy atom. The Morgan fingerprint density at radius 2 is 1.36 bits per heavy atom. The predicted octanol–water partition coefficient (Wildman–Crippen LogP) is 7.38. The number of hydrogen-bond donors (Lipinski definition) is 0. The van der Waals surface area contributed by atoms with Crippen LogP contribution in [0.5, 0.6) is 0 Å². The van der Waals surface area contributed by atoms with Crippen molar-refractivity contribution >= 4 is 21.8 Å². The number of benzene rings is 4. The zero-order valence-electron chi connectivity index (χ0n) is 17.8. The predicted molar refractivity (Wildman–Crippen MR) is 134 cm³/mol. The lowest BCUT2D eigenvalue weighted by atomic mass is 10.0. The van der Waals surface area contributed by atoms with E-state index < -0.39 is 0 Å². The quantitative estimate of drug-likeness (QED) is 0.299. The third-order valence-corrected chi connectivity index (χ3v) is 6.15. The van der Waals surface area contributed by atoms with Crippen LogP contribution >= 0.6 is 0 Å². The molecule has 3 nitrogen and oxygen atoms in total. The average molecular weight is 422 g/mol. The lowest BCUT2D eigenvalue weighted by molar-refractivity contribution is 1.18. The summed E-state index contributed by atoms with van der Waals surface area (Å²) in [7, 11) is 0. The summed E-state index contributed by atoms with van der Waals surface area (Å²) < 4.78 is 2.25. The minimum absolute atomic E-state index is 0.644. The van der Waals surface area contributed by atoms with Crippen molar-refractivity contribution in [3.05, 3.63) is 121 Å². The number of para-hydroxylation sites is 1. The maximum absolute atomic E-state index is 9.92. The number of nitrogens with zero attached hydrogens (tertiary/aromatic N) is 3. The van der Waals surface area contributed by atoms with Gasteiger partial charge in [0.05, 0.1) is 22.7 Å². The molecule has 0 saturated carbocycles. The van der Waals surface area contributed by atoms with Crippen molar-refractivity contribution in [1.29, 1.82) is 5.26 Å². The average Bonchev–Trinajstić information content (AvgIpc) is 3.23. The van der Waals surface area contributed by atoms with Gasteiger partial charge in [-0.15, -0.1) is 0 Å². The van der Waals surface area contributed by atoms with Crippen LogP contribution in [-0.4, -0.2) is 9.55 Å².